The molecule has 3 rings (SSSR count). The number of pyridine rings is 1. The van der Waals surface area contributed by atoms with Crippen molar-refractivity contribution in [1.29, 1.82) is 0 Å². The predicted molar refractivity (Wildman–Crippen MR) is 108 cm³/mol. The maximum atomic E-state index is 12.9. The molecule has 0 unspecified atom stereocenters. The Morgan fingerprint density at radius 3 is 2.86 bits per heavy atom. The molecule has 1 N–H and O–H groups in total. The first-order valence-corrected chi connectivity index (χ1v) is 9.51. The molecule has 0 bridgehead atoms. The summed E-state index contributed by atoms with van der Waals surface area (Å²) in [6.07, 6.45) is 4.38. The SMILES string of the molecule is C[C@H](C(=O)N1CC[C@H](N(C)Cc2cc(=O)[nH]c(N(C)C)n2)C1)c1cccnc1. The number of rotatable bonds is 6. The van der Waals surface area contributed by atoms with E-state index in [1.807, 2.05) is 45.1 Å². The maximum absolute atomic E-state index is 12.9. The third kappa shape index (κ3) is 4.56. The zero-order valence-corrected chi connectivity index (χ0v) is 16.9. The fourth-order valence-corrected chi connectivity index (χ4v) is 3.52. The third-order valence-corrected chi connectivity index (χ3v) is 5.27. The number of amides is 1. The van der Waals surface area contributed by atoms with E-state index in [4.69, 9.17) is 0 Å². The van der Waals surface area contributed by atoms with Crippen LogP contribution < -0.4 is 10.5 Å². The highest BCUT2D eigenvalue weighted by molar-refractivity contribution is 5.83. The van der Waals surface area contributed by atoms with Crippen LogP contribution in [0, 0.1) is 0 Å². The van der Waals surface area contributed by atoms with Crippen molar-refractivity contribution in [2.24, 2.45) is 0 Å². The molecule has 150 valence electrons. The number of H-pyrrole nitrogens is 1. The highest BCUT2D eigenvalue weighted by Gasteiger charge is 2.31. The summed E-state index contributed by atoms with van der Waals surface area (Å²) < 4.78 is 0. The summed E-state index contributed by atoms with van der Waals surface area (Å²) in [7, 11) is 5.70. The molecule has 28 heavy (non-hydrogen) atoms. The Bertz CT molecular complexity index is 866. The Balaban J connectivity index is 1.62. The second kappa shape index (κ2) is 8.52. The highest BCUT2D eigenvalue weighted by Crippen LogP contribution is 2.22. The summed E-state index contributed by atoms with van der Waals surface area (Å²) >= 11 is 0. The molecule has 1 amide bonds. The van der Waals surface area contributed by atoms with E-state index in [-0.39, 0.29) is 23.4 Å². The van der Waals surface area contributed by atoms with E-state index in [1.165, 1.54) is 6.07 Å². The van der Waals surface area contributed by atoms with Gasteiger partial charge in [0.2, 0.25) is 11.9 Å². The van der Waals surface area contributed by atoms with Gasteiger partial charge >= 0.3 is 0 Å². The minimum absolute atomic E-state index is 0.132. The van der Waals surface area contributed by atoms with Crippen molar-refractivity contribution >= 4 is 11.9 Å². The van der Waals surface area contributed by atoms with E-state index in [0.717, 1.165) is 24.2 Å². The Labute approximate surface area is 165 Å². The molecule has 0 aromatic carbocycles. The number of hydrogen-bond donors (Lipinski definition) is 1. The van der Waals surface area contributed by atoms with Crippen LogP contribution in [0.3, 0.4) is 0 Å². The van der Waals surface area contributed by atoms with Crippen molar-refractivity contribution in [3.05, 3.63) is 52.2 Å². The molecular weight excluding hydrogens is 356 g/mol. The lowest BCUT2D eigenvalue weighted by Gasteiger charge is -2.25. The van der Waals surface area contributed by atoms with Crippen molar-refractivity contribution < 1.29 is 4.79 Å². The van der Waals surface area contributed by atoms with Crippen LogP contribution in [0.15, 0.2) is 35.4 Å². The fraction of sp³-hybridized carbons (Fsp3) is 0.500. The molecule has 2 aromatic rings. The maximum Gasteiger partial charge on any atom is 0.252 e. The topological polar surface area (TPSA) is 85.4 Å². The largest absolute Gasteiger partial charge is 0.348 e. The predicted octanol–water partition coefficient (Wildman–Crippen LogP) is 1.07. The Hall–Kier alpha value is -2.74. The number of carbonyl (C=O) groups excluding carboxylic acids is 1. The number of hydrogen-bond acceptors (Lipinski definition) is 6. The zero-order chi connectivity index (χ0) is 20.3. The van der Waals surface area contributed by atoms with Gasteiger partial charge in [0.05, 0.1) is 11.6 Å². The van der Waals surface area contributed by atoms with Gasteiger partial charge in [-0.05, 0) is 32.0 Å². The molecule has 0 spiro atoms. The average Bonchev–Trinajstić information content (AvgIpc) is 3.17. The standard InChI is InChI=1S/C20H28N6O2/c1-14(15-6-5-8-21-11-15)19(28)26-9-7-17(13-26)25(4)12-16-10-18(27)23-20(22-16)24(2)3/h5-6,8,10-11,14,17H,7,9,12-13H2,1-4H3,(H,22,23,27)/t14-,17-/m0/s1. The number of aromatic amines is 1. The van der Waals surface area contributed by atoms with Gasteiger partial charge < -0.3 is 9.80 Å². The van der Waals surface area contributed by atoms with Gasteiger partial charge in [-0.2, -0.15) is 0 Å². The second-order valence-electron chi connectivity index (χ2n) is 7.60. The summed E-state index contributed by atoms with van der Waals surface area (Å²) in [4.78, 5) is 41.9. The number of nitrogens with zero attached hydrogens (tertiary/aromatic N) is 5. The van der Waals surface area contributed by atoms with Gasteiger partial charge in [-0.15, -0.1) is 0 Å². The van der Waals surface area contributed by atoms with Crippen molar-refractivity contribution in [3.8, 4) is 0 Å². The normalized spacial score (nSPS) is 17.8. The van der Waals surface area contributed by atoms with Crippen LogP contribution in [0.1, 0.15) is 30.5 Å². The smallest absolute Gasteiger partial charge is 0.252 e. The van der Waals surface area contributed by atoms with Crippen LogP contribution in [0.2, 0.25) is 0 Å². The number of likely N-dealkylation sites (N-methyl/N-ethyl adjacent to an activating group) is 1. The van der Waals surface area contributed by atoms with Crippen molar-refractivity contribution in [1.82, 2.24) is 24.8 Å². The summed E-state index contributed by atoms with van der Waals surface area (Å²) in [5.41, 5.74) is 1.51. The molecule has 1 aliphatic rings. The molecular formula is C20H28N6O2. The van der Waals surface area contributed by atoms with Crippen molar-refractivity contribution in [2.45, 2.75) is 31.8 Å². The summed E-state index contributed by atoms with van der Waals surface area (Å²) in [6, 6.07) is 5.58. The fourth-order valence-electron chi connectivity index (χ4n) is 3.52. The van der Waals surface area contributed by atoms with E-state index < -0.39 is 0 Å². The van der Waals surface area contributed by atoms with Crippen molar-refractivity contribution in [2.75, 3.05) is 39.1 Å². The van der Waals surface area contributed by atoms with Gasteiger partial charge in [-0.3, -0.25) is 24.5 Å². The molecule has 0 radical (unpaired) electrons. The van der Waals surface area contributed by atoms with Crippen LogP contribution >= 0.6 is 0 Å². The van der Waals surface area contributed by atoms with Gasteiger partial charge in [-0.25, -0.2) is 4.98 Å². The monoisotopic (exact) mass is 384 g/mol. The van der Waals surface area contributed by atoms with E-state index in [2.05, 4.69) is 19.9 Å². The molecule has 1 fully saturated rings. The highest BCUT2D eigenvalue weighted by atomic mass is 16.2. The Morgan fingerprint density at radius 1 is 1.39 bits per heavy atom. The molecule has 0 saturated carbocycles. The molecule has 8 heteroatoms. The number of anilines is 1. The van der Waals surface area contributed by atoms with Crippen molar-refractivity contribution in [3.63, 3.8) is 0 Å². The molecule has 3 heterocycles. The summed E-state index contributed by atoms with van der Waals surface area (Å²) in [5.74, 6) is 0.479. The van der Waals surface area contributed by atoms with Gasteiger partial charge in [0.15, 0.2) is 0 Å². The second-order valence-corrected chi connectivity index (χ2v) is 7.60. The van der Waals surface area contributed by atoms with E-state index in [9.17, 15) is 9.59 Å². The van der Waals surface area contributed by atoms with E-state index in [1.54, 1.807) is 17.3 Å². The minimum Gasteiger partial charge on any atom is -0.348 e. The lowest BCUT2D eigenvalue weighted by Crippen LogP contribution is -2.38. The minimum atomic E-state index is -0.199. The van der Waals surface area contributed by atoms with Crippen LogP contribution in [0.5, 0.6) is 0 Å². The lowest BCUT2D eigenvalue weighted by atomic mass is 10.0. The molecule has 8 nitrogen and oxygen atoms in total. The summed E-state index contributed by atoms with van der Waals surface area (Å²) in [5, 5.41) is 0. The van der Waals surface area contributed by atoms with Crippen LogP contribution in [-0.2, 0) is 11.3 Å². The molecule has 2 atom stereocenters. The van der Waals surface area contributed by atoms with Crippen LogP contribution in [0.25, 0.3) is 0 Å². The van der Waals surface area contributed by atoms with Gasteiger partial charge in [0, 0.05) is 58.2 Å². The molecule has 1 saturated heterocycles. The van der Waals surface area contributed by atoms with E-state index in [0.29, 0.717) is 19.0 Å². The van der Waals surface area contributed by atoms with Crippen LogP contribution in [-0.4, -0.2) is 70.9 Å². The number of carbonyl (C=O) groups is 1. The first-order valence-electron chi connectivity index (χ1n) is 9.51. The molecule has 2 aromatic heterocycles. The van der Waals surface area contributed by atoms with Gasteiger partial charge in [0.25, 0.3) is 5.56 Å². The average molecular weight is 384 g/mol. The van der Waals surface area contributed by atoms with Gasteiger partial charge in [0.1, 0.15) is 0 Å². The number of likely N-dealkylation sites (tertiary alicyclic amines) is 1. The first kappa shape index (κ1) is 20.0. The number of aromatic nitrogens is 3. The lowest BCUT2D eigenvalue weighted by molar-refractivity contribution is -0.131. The Morgan fingerprint density at radius 2 is 2.18 bits per heavy atom. The van der Waals surface area contributed by atoms with Crippen LogP contribution in [0.4, 0.5) is 5.95 Å². The van der Waals surface area contributed by atoms with E-state index >= 15 is 0 Å². The van der Waals surface area contributed by atoms with Gasteiger partial charge in [-0.1, -0.05) is 6.07 Å². The molecule has 0 aliphatic carbocycles. The number of nitrogens with one attached hydrogen (secondary N) is 1. The quantitative estimate of drug-likeness (QED) is 0.802. The summed E-state index contributed by atoms with van der Waals surface area (Å²) in [6.45, 7) is 3.92. The zero-order valence-electron chi connectivity index (χ0n) is 16.9. The molecule has 1 aliphatic heterocycles. The Kier molecular flexibility index (Phi) is 6.08. The third-order valence-electron chi connectivity index (χ3n) is 5.27. The first-order chi connectivity index (χ1) is 13.3.